The van der Waals surface area contributed by atoms with E-state index >= 15 is 0 Å². The third kappa shape index (κ3) is 2.52. The van der Waals surface area contributed by atoms with Gasteiger partial charge in [-0.1, -0.05) is 19.1 Å². The van der Waals surface area contributed by atoms with Crippen molar-refractivity contribution in [3.63, 3.8) is 0 Å². The van der Waals surface area contributed by atoms with E-state index in [1.807, 2.05) is 24.0 Å². The first-order valence-corrected chi connectivity index (χ1v) is 5.69. The third-order valence-electron chi connectivity index (χ3n) is 2.84. The maximum absolute atomic E-state index is 6.02. The van der Waals surface area contributed by atoms with Crippen LogP contribution in [0.15, 0.2) is 18.6 Å². The molecular formula is C11H18N6. The van der Waals surface area contributed by atoms with Gasteiger partial charge < -0.3 is 10.3 Å². The maximum atomic E-state index is 6.02. The second-order valence-electron chi connectivity index (χ2n) is 4.57. The van der Waals surface area contributed by atoms with E-state index < -0.39 is 0 Å². The number of aromatic nitrogens is 5. The molecule has 2 heterocycles. The van der Waals surface area contributed by atoms with Crippen molar-refractivity contribution in [3.8, 4) is 0 Å². The number of hydrogen-bond acceptors (Lipinski definition) is 4. The van der Waals surface area contributed by atoms with Crippen LogP contribution in [0, 0.1) is 5.92 Å². The molecule has 0 amide bonds. The standard InChI is InChI=1S/C11H18N6/c1-8(2)11(12)9-6-17(15-14-9)7-10-13-4-5-16(10)3/h4-6,8,11H,7,12H2,1-3H3. The highest BCUT2D eigenvalue weighted by Crippen LogP contribution is 2.15. The van der Waals surface area contributed by atoms with E-state index in [2.05, 4.69) is 29.1 Å². The van der Waals surface area contributed by atoms with Crippen LogP contribution in [-0.4, -0.2) is 24.5 Å². The van der Waals surface area contributed by atoms with Crippen LogP contribution in [0.25, 0.3) is 0 Å². The molecule has 2 aromatic rings. The topological polar surface area (TPSA) is 74.6 Å². The zero-order chi connectivity index (χ0) is 12.4. The van der Waals surface area contributed by atoms with Crippen LogP contribution < -0.4 is 5.73 Å². The molecule has 0 aliphatic rings. The van der Waals surface area contributed by atoms with Crippen molar-refractivity contribution in [1.82, 2.24) is 24.5 Å². The van der Waals surface area contributed by atoms with Gasteiger partial charge in [-0.25, -0.2) is 9.67 Å². The number of rotatable bonds is 4. The summed E-state index contributed by atoms with van der Waals surface area (Å²) in [6.07, 6.45) is 5.57. The van der Waals surface area contributed by atoms with E-state index in [0.29, 0.717) is 12.5 Å². The molecule has 1 unspecified atom stereocenters. The quantitative estimate of drug-likeness (QED) is 0.845. The lowest BCUT2D eigenvalue weighted by atomic mass is 10.0. The number of aryl methyl sites for hydroxylation is 1. The molecule has 0 spiro atoms. The Balaban J connectivity index is 2.11. The van der Waals surface area contributed by atoms with Crippen LogP contribution in [-0.2, 0) is 13.6 Å². The van der Waals surface area contributed by atoms with Crippen LogP contribution in [0.3, 0.4) is 0 Å². The molecule has 0 fully saturated rings. The van der Waals surface area contributed by atoms with Crippen LogP contribution in [0.5, 0.6) is 0 Å². The molecule has 0 saturated carbocycles. The Hall–Kier alpha value is -1.69. The van der Waals surface area contributed by atoms with E-state index in [1.165, 1.54) is 0 Å². The molecule has 2 aromatic heterocycles. The summed E-state index contributed by atoms with van der Waals surface area (Å²) in [4.78, 5) is 4.24. The SMILES string of the molecule is CC(C)C(N)c1cn(Cc2nccn2C)nn1. The minimum atomic E-state index is -0.0647. The molecule has 0 aliphatic heterocycles. The number of nitrogens with zero attached hydrogens (tertiary/aromatic N) is 5. The molecule has 0 bridgehead atoms. The molecule has 17 heavy (non-hydrogen) atoms. The Bertz CT molecular complexity index is 484. The predicted molar refractivity (Wildman–Crippen MR) is 64.1 cm³/mol. The molecule has 1 atom stereocenters. The summed E-state index contributed by atoms with van der Waals surface area (Å²) in [6.45, 7) is 4.76. The van der Waals surface area contributed by atoms with E-state index in [0.717, 1.165) is 11.5 Å². The van der Waals surface area contributed by atoms with Crippen LogP contribution in [0.4, 0.5) is 0 Å². The highest BCUT2D eigenvalue weighted by molar-refractivity contribution is 5.02. The molecule has 2 rings (SSSR count). The molecule has 0 aliphatic carbocycles. The smallest absolute Gasteiger partial charge is 0.130 e. The zero-order valence-corrected chi connectivity index (χ0v) is 10.4. The van der Waals surface area contributed by atoms with Gasteiger partial charge in [0.25, 0.3) is 0 Å². The van der Waals surface area contributed by atoms with E-state index in [1.54, 1.807) is 10.9 Å². The average molecular weight is 234 g/mol. The number of imidazole rings is 1. The lowest BCUT2D eigenvalue weighted by molar-refractivity contribution is 0.502. The van der Waals surface area contributed by atoms with E-state index in [-0.39, 0.29) is 6.04 Å². The first-order valence-electron chi connectivity index (χ1n) is 5.69. The minimum absolute atomic E-state index is 0.0647. The lowest BCUT2D eigenvalue weighted by Gasteiger charge is -2.11. The van der Waals surface area contributed by atoms with Crippen LogP contribution in [0.1, 0.15) is 31.4 Å². The van der Waals surface area contributed by atoms with Gasteiger partial charge in [-0.2, -0.15) is 0 Å². The van der Waals surface area contributed by atoms with Crippen molar-refractivity contribution < 1.29 is 0 Å². The van der Waals surface area contributed by atoms with Gasteiger partial charge in [0.05, 0.1) is 17.9 Å². The Morgan fingerprint density at radius 3 is 2.76 bits per heavy atom. The Morgan fingerprint density at radius 2 is 2.18 bits per heavy atom. The maximum Gasteiger partial charge on any atom is 0.130 e. The van der Waals surface area contributed by atoms with Gasteiger partial charge in [0.2, 0.25) is 0 Å². The van der Waals surface area contributed by atoms with Gasteiger partial charge in [-0.3, -0.25) is 0 Å². The van der Waals surface area contributed by atoms with Gasteiger partial charge >= 0.3 is 0 Å². The summed E-state index contributed by atoms with van der Waals surface area (Å²) in [5.41, 5.74) is 6.85. The van der Waals surface area contributed by atoms with Crippen molar-refractivity contribution in [2.45, 2.75) is 26.4 Å². The highest BCUT2D eigenvalue weighted by atomic mass is 15.4. The molecule has 6 nitrogen and oxygen atoms in total. The normalized spacial score (nSPS) is 13.2. The summed E-state index contributed by atoms with van der Waals surface area (Å²) in [6, 6.07) is -0.0647. The number of nitrogens with two attached hydrogens (primary N) is 1. The van der Waals surface area contributed by atoms with E-state index in [4.69, 9.17) is 5.73 Å². The summed E-state index contributed by atoms with van der Waals surface area (Å²) in [5.74, 6) is 1.30. The largest absolute Gasteiger partial charge is 0.336 e. The first-order chi connectivity index (χ1) is 8.08. The fourth-order valence-electron chi connectivity index (χ4n) is 1.58. The van der Waals surface area contributed by atoms with Crippen molar-refractivity contribution in [2.75, 3.05) is 0 Å². The molecule has 2 N–H and O–H groups in total. The van der Waals surface area contributed by atoms with Crippen molar-refractivity contribution in [3.05, 3.63) is 30.1 Å². The summed E-state index contributed by atoms with van der Waals surface area (Å²) >= 11 is 0. The molecule has 0 saturated heterocycles. The van der Waals surface area contributed by atoms with Gasteiger partial charge in [-0.05, 0) is 5.92 Å². The molecule has 0 radical (unpaired) electrons. The molecule has 6 heteroatoms. The second kappa shape index (κ2) is 4.67. The average Bonchev–Trinajstić information content (AvgIpc) is 2.88. The zero-order valence-electron chi connectivity index (χ0n) is 10.4. The summed E-state index contributed by atoms with van der Waals surface area (Å²) < 4.78 is 3.73. The monoisotopic (exact) mass is 234 g/mol. The van der Waals surface area contributed by atoms with Gasteiger partial charge in [-0.15, -0.1) is 5.10 Å². The Labute approximate surface area is 100 Å². The van der Waals surface area contributed by atoms with Crippen molar-refractivity contribution in [1.29, 1.82) is 0 Å². The van der Waals surface area contributed by atoms with Crippen LogP contribution in [0.2, 0.25) is 0 Å². The van der Waals surface area contributed by atoms with Gasteiger partial charge in [0.15, 0.2) is 0 Å². The molecule has 92 valence electrons. The highest BCUT2D eigenvalue weighted by Gasteiger charge is 2.14. The molecular weight excluding hydrogens is 216 g/mol. The fraction of sp³-hybridized carbons (Fsp3) is 0.545. The Kier molecular flexibility index (Phi) is 3.23. The fourth-order valence-corrected chi connectivity index (χ4v) is 1.58. The van der Waals surface area contributed by atoms with Crippen molar-refractivity contribution in [2.24, 2.45) is 18.7 Å². The summed E-state index contributed by atoms with van der Waals surface area (Å²) in [7, 11) is 1.96. The number of hydrogen-bond donors (Lipinski definition) is 1. The lowest BCUT2D eigenvalue weighted by Crippen LogP contribution is -2.17. The molecule has 0 aromatic carbocycles. The van der Waals surface area contributed by atoms with Crippen molar-refractivity contribution >= 4 is 0 Å². The second-order valence-corrected chi connectivity index (χ2v) is 4.57. The Morgan fingerprint density at radius 1 is 1.41 bits per heavy atom. The first kappa shape index (κ1) is 11.8. The van der Waals surface area contributed by atoms with Gasteiger partial charge in [0, 0.05) is 19.4 Å². The summed E-state index contributed by atoms with van der Waals surface area (Å²) in [5, 5.41) is 8.17. The third-order valence-corrected chi connectivity index (χ3v) is 2.84. The predicted octanol–water partition coefficient (Wildman–Crippen LogP) is 0.716. The minimum Gasteiger partial charge on any atom is -0.336 e. The van der Waals surface area contributed by atoms with Crippen LogP contribution >= 0.6 is 0 Å². The van der Waals surface area contributed by atoms with E-state index in [9.17, 15) is 0 Å². The van der Waals surface area contributed by atoms with Gasteiger partial charge in [0.1, 0.15) is 12.4 Å².